The summed E-state index contributed by atoms with van der Waals surface area (Å²) in [7, 11) is 2.29. The highest BCUT2D eigenvalue weighted by Gasteiger charge is 2.49. The molecule has 0 aliphatic rings. The van der Waals surface area contributed by atoms with Gasteiger partial charge in [0.1, 0.15) is 12.1 Å². The highest BCUT2D eigenvalue weighted by atomic mass is 19.3. The molecule has 1 unspecified atom stereocenters. The third-order valence-electron chi connectivity index (χ3n) is 3.99. The molecular formula is C17H31F2NO4. The van der Waals surface area contributed by atoms with E-state index in [1.165, 1.54) is 0 Å². The number of alkyl halides is 2. The zero-order valence-electron chi connectivity index (χ0n) is 15.3. The van der Waals surface area contributed by atoms with Gasteiger partial charge in [-0.15, -0.1) is 0 Å². The first-order chi connectivity index (χ1) is 11.1. The average Bonchev–Trinajstić information content (AvgIpc) is 2.53. The second-order valence-electron chi connectivity index (χ2n) is 6.57. The molecule has 0 bridgehead atoms. The minimum absolute atomic E-state index is 0.0111. The fourth-order valence-corrected chi connectivity index (χ4v) is 2.46. The van der Waals surface area contributed by atoms with Crippen LogP contribution in [-0.4, -0.2) is 54.1 Å². The normalized spacial score (nSPS) is 14.4. The molecule has 0 rings (SSSR count). The number of aliphatic hydroxyl groups is 1. The van der Waals surface area contributed by atoms with Crippen molar-refractivity contribution in [3.63, 3.8) is 0 Å². The molecule has 0 aliphatic heterocycles. The van der Waals surface area contributed by atoms with E-state index in [1.54, 1.807) is 0 Å². The van der Waals surface area contributed by atoms with Crippen LogP contribution in [0.1, 0.15) is 59.3 Å². The fourth-order valence-electron chi connectivity index (χ4n) is 2.46. The van der Waals surface area contributed by atoms with E-state index in [-0.39, 0.29) is 18.8 Å². The smallest absolute Gasteiger partial charge is 0.349 e. The van der Waals surface area contributed by atoms with Crippen molar-refractivity contribution in [2.24, 2.45) is 5.92 Å². The Kier molecular flexibility index (Phi) is 10.0. The Morgan fingerprint density at radius 1 is 1.21 bits per heavy atom. The molecule has 0 aromatic rings. The molecular weight excluding hydrogens is 320 g/mol. The Morgan fingerprint density at radius 3 is 2.25 bits per heavy atom. The van der Waals surface area contributed by atoms with E-state index in [4.69, 9.17) is 0 Å². The van der Waals surface area contributed by atoms with Gasteiger partial charge in [-0.2, -0.15) is 8.78 Å². The number of aliphatic hydroxyl groups excluding tert-OH is 1. The van der Waals surface area contributed by atoms with Crippen LogP contribution in [0.2, 0.25) is 0 Å². The monoisotopic (exact) mass is 351 g/mol. The van der Waals surface area contributed by atoms with Crippen molar-refractivity contribution in [3.8, 4) is 0 Å². The Hall–Kier alpha value is -1.24. The highest BCUT2D eigenvalue weighted by molar-refractivity contribution is 5.88. The Bertz CT molecular complexity index is 402. The lowest BCUT2D eigenvalue weighted by molar-refractivity contribution is -0.179. The standard InChI is InChI=1S/C17H31F2NO4/c1-6-7-8-9-10-14(21)17(18,19)16(23)20(4)13(11-12(2)3)15(22)24-5/h12-14,21H,6-11H2,1-5H3/t13-,14?/m1/s1. The molecule has 0 saturated heterocycles. The van der Waals surface area contributed by atoms with Crippen LogP contribution < -0.4 is 0 Å². The molecule has 0 fully saturated rings. The first-order valence-electron chi connectivity index (χ1n) is 8.50. The van der Waals surface area contributed by atoms with Gasteiger partial charge in [0.2, 0.25) is 0 Å². The van der Waals surface area contributed by atoms with Crippen LogP contribution >= 0.6 is 0 Å². The number of hydrogen-bond donors (Lipinski definition) is 1. The molecule has 1 N–H and O–H groups in total. The molecule has 24 heavy (non-hydrogen) atoms. The van der Waals surface area contributed by atoms with E-state index in [0.29, 0.717) is 11.3 Å². The number of esters is 1. The minimum atomic E-state index is -3.93. The zero-order chi connectivity index (χ0) is 18.9. The van der Waals surface area contributed by atoms with Gasteiger partial charge in [-0.3, -0.25) is 4.79 Å². The number of unbranched alkanes of at least 4 members (excludes halogenated alkanes) is 3. The Labute approximate surface area is 143 Å². The van der Waals surface area contributed by atoms with Crippen molar-refractivity contribution in [3.05, 3.63) is 0 Å². The summed E-state index contributed by atoms with van der Waals surface area (Å²) in [5, 5.41) is 9.74. The molecule has 2 atom stereocenters. The van der Waals surface area contributed by atoms with Crippen molar-refractivity contribution in [1.29, 1.82) is 0 Å². The maximum atomic E-state index is 14.2. The maximum Gasteiger partial charge on any atom is 0.349 e. The molecule has 0 saturated carbocycles. The number of halogens is 2. The molecule has 1 amide bonds. The van der Waals surface area contributed by atoms with Gasteiger partial charge in [0.25, 0.3) is 5.91 Å². The lowest BCUT2D eigenvalue weighted by atomic mass is 10.00. The number of ether oxygens (including phenoxy) is 1. The molecule has 5 nitrogen and oxygen atoms in total. The van der Waals surface area contributed by atoms with Crippen LogP contribution in [0, 0.1) is 5.92 Å². The minimum Gasteiger partial charge on any atom is -0.467 e. The number of likely N-dealkylation sites (N-methyl/N-ethyl adjacent to an activating group) is 1. The molecule has 0 radical (unpaired) electrons. The number of carbonyl (C=O) groups is 2. The second kappa shape index (κ2) is 10.6. The molecule has 7 heteroatoms. The lowest BCUT2D eigenvalue weighted by Gasteiger charge is -2.32. The van der Waals surface area contributed by atoms with Gasteiger partial charge in [-0.05, 0) is 18.8 Å². The molecule has 0 heterocycles. The van der Waals surface area contributed by atoms with Gasteiger partial charge in [0.15, 0.2) is 0 Å². The predicted molar refractivity (Wildman–Crippen MR) is 87.7 cm³/mol. The topological polar surface area (TPSA) is 66.8 Å². The summed E-state index contributed by atoms with van der Waals surface area (Å²) in [6.45, 7) is 5.62. The van der Waals surface area contributed by atoms with Crippen LogP contribution in [0.3, 0.4) is 0 Å². The molecule has 142 valence electrons. The average molecular weight is 351 g/mol. The summed E-state index contributed by atoms with van der Waals surface area (Å²) in [6.07, 6.45) is 0.994. The summed E-state index contributed by atoms with van der Waals surface area (Å²) < 4.78 is 33.1. The van der Waals surface area contributed by atoms with Crippen molar-refractivity contribution < 1.29 is 28.2 Å². The van der Waals surface area contributed by atoms with E-state index >= 15 is 0 Å². The number of carbonyl (C=O) groups excluding carboxylic acids is 2. The van der Waals surface area contributed by atoms with Gasteiger partial charge in [-0.1, -0.05) is 46.5 Å². The first-order valence-corrected chi connectivity index (χ1v) is 8.50. The molecule has 0 spiro atoms. The fraction of sp³-hybridized carbons (Fsp3) is 0.882. The molecule has 0 aromatic heterocycles. The SMILES string of the molecule is CCCCCCC(O)C(F)(F)C(=O)N(C)[C@H](CC(C)C)C(=O)OC. The van der Waals surface area contributed by atoms with Gasteiger partial charge in [-0.25, -0.2) is 4.79 Å². The number of hydrogen-bond acceptors (Lipinski definition) is 4. The maximum absolute atomic E-state index is 14.2. The number of amides is 1. The van der Waals surface area contributed by atoms with Crippen molar-refractivity contribution in [2.75, 3.05) is 14.2 Å². The van der Waals surface area contributed by atoms with Crippen LogP contribution in [-0.2, 0) is 14.3 Å². The van der Waals surface area contributed by atoms with Crippen LogP contribution in [0.5, 0.6) is 0 Å². The third kappa shape index (κ3) is 6.71. The summed E-state index contributed by atoms with van der Waals surface area (Å²) in [4.78, 5) is 24.7. The van der Waals surface area contributed by atoms with Gasteiger partial charge in [0.05, 0.1) is 7.11 Å². The predicted octanol–water partition coefficient (Wildman–Crippen LogP) is 3.00. The number of rotatable bonds is 11. The quantitative estimate of drug-likeness (QED) is 0.459. The summed E-state index contributed by atoms with van der Waals surface area (Å²) in [6, 6.07) is -1.10. The highest BCUT2D eigenvalue weighted by Crippen LogP contribution is 2.27. The zero-order valence-corrected chi connectivity index (χ0v) is 15.3. The first kappa shape index (κ1) is 22.8. The number of methoxy groups -OCH3 is 1. The molecule has 0 aromatic carbocycles. The summed E-state index contributed by atoms with van der Waals surface area (Å²) in [5.41, 5.74) is 0. The largest absolute Gasteiger partial charge is 0.467 e. The van der Waals surface area contributed by atoms with Gasteiger partial charge >= 0.3 is 11.9 Å². The Morgan fingerprint density at radius 2 is 1.79 bits per heavy atom. The molecule has 0 aliphatic carbocycles. The van der Waals surface area contributed by atoms with E-state index in [2.05, 4.69) is 4.74 Å². The third-order valence-corrected chi connectivity index (χ3v) is 3.99. The van der Waals surface area contributed by atoms with Gasteiger partial charge < -0.3 is 14.7 Å². The van der Waals surface area contributed by atoms with Crippen LogP contribution in [0.25, 0.3) is 0 Å². The van der Waals surface area contributed by atoms with Crippen molar-refractivity contribution >= 4 is 11.9 Å². The lowest BCUT2D eigenvalue weighted by Crippen LogP contribution is -2.54. The van der Waals surface area contributed by atoms with Crippen molar-refractivity contribution in [1.82, 2.24) is 4.90 Å². The van der Waals surface area contributed by atoms with E-state index in [1.807, 2.05) is 20.8 Å². The van der Waals surface area contributed by atoms with E-state index in [0.717, 1.165) is 33.4 Å². The Balaban J connectivity index is 4.99. The van der Waals surface area contributed by atoms with E-state index in [9.17, 15) is 23.5 Å². The van der Waals surface area contributed by atoms with Crippen molar-refractivity contribution in [2.45, 2.75) is 77.4 Å². The summed E-state index contributed by atoms with van der Waals surface area (Å²) in [5.74, 6) is -6.21. The number of nitrogens with zero attached hydrogens (tertiary/aromatic N) is 1. The second-order valence-corrected chi connectivity index (χ2v) is 6.57. The van der Waals surface area contributed by atoms with Gasteiger partial charge in [0, 0.05) is 7.05 Å². The summed E-state index contributed by atoms with van der Waals surface area (Å²) >= 11 is 0. The van der Waals surface area contributed by atoms with Crippen LogP contribution in [0.15, 0.2) is 0 Å². The van der Waals surface area contributed by atoms with Crippen LogP contribution in [0.4, 0.5) is 8.78 Å². The van der Waals surface area contributed by atoms with E-state index < -0.39 is 29.9 Å².